The minimum absolute atomic E-state index is 0.0432. The number of ether oxygens (including phenoxy) is 3. The van der Waals surface area contributed by atoms with Crippen molar-refractivity contribution >= 4 is 25.9 Å². The van der Waals surface area contributed by atoms with Crippen LogP contribution in [-0.2, 0) is 33.0 Å². The number of allylic oxidation sites excluding steroid dienone is 3. The molecule has 0 saturated carbocycles. The molecule has 0 aromatic rings. The van der Waals surface area contributed by atoms with Gasteiger partial charge in [0.05, 0.1) is 49.0 Å². The SMILES string of the molecule is C/C=C/C(=O)C[C@H]1CC[C@H](C)[C@H](CC(=O)NC[C@H](O[Si](C)(C)C(C)(C)C)[C@H](C)C(=O)NCCC[C@H]2O[C@@]3(CCC[C@@H](CC[C@H](C)/C=C(\C)[C@@H](C)O)O3)CC[C@@H]2C)O1. The van der Waals surface area contributed by atoms with Crippen LogP contribution in [0.4, 0.5) is 0 Å². The Bertz CT molecular complexity index is 1340. The molecule has 0 aliphatic carbocycles. The summed E-state index contributed by atoms with van der Waals surface area (Å²) < 4.78 is 26.6. The van der Waals surface area contributed by atoms with Crippen LogP contribution in [-0.4, -0.2) is 86.5 Å². The average molecular weight is 819 g/mol. The summed E-state index contributed by atoms with van der Waals surface area (Å²) in [7, 11) is -2.28. The number of aliphatic hydroxyl groups is 1. The maximum Gasteiger partial charge on any atom is 0.225 e. The minimum atomic E-state index is -2.28. The molecule has 3 N–H and O–H groups in total. The summed E-state index contributed by atoms with van der Waals surface area (Å²) in [6.07, 6.45) is 15.4. The number of rotatable bonds is 20. The van der Waals surface area contributed by atoms with Crippen LogP contribution in [0.2, 0.25) is 18.1 Å². The molecule has 3 fully saturated rings. The Labute approximate surface area is 347 Å². The number of hydrogen-bond acceptors (Lipinski definition) is 8. The normalized spacial score (nSPS) is 29.8. The Balaban J connectivity index is 1.53. The van der Waals surface area contributed by atoms with Crippen LogP contribution in [0.15, 0.2) is 23.8 Å². The highest BCUT2D eigenvalue weighted by molar-refractivity contribution is 6.74. The van der Waals surface area contributed by atoms with Crippen molar-refractivity contribution in [1.29, 1.82) is 0 Å². The second kappa shape index (κ2) is 22.6. The molecule has 0 aromatic carbocycles. The lowest BCUT2D eigenvalue weighted by Gasteiger charge is -2.48. The molecule has 3 saturated heterocycles. The first kappa shape index (κ1) is 49.5. The predicted molar refractivity (Wildman–Crippen MR) is 231 cm³/mol. The van der Waals surface area contributed by atoms with Gasteiger partial charge in [0.15, 0.2) is 19.9 Å². The van der Waals surface area contributed by atoms with E-state index in [-0.39, 0.29) is 65.9 Å². The van der Waals surface area contributed by atoms with E-state index in [0.717, 1.165) is 76.2 Å². The molecule has 3 aliphatic rings. The summed E-state index contributed by atoms with van der Waals surface area (Å²) in [6.45, 7) is 25.8. The third kappa shape index (κ3) is 15.9. The van der Waals surface area contributed by atoms with Crippen molar-refractivity contribution in [2.45, 2.75) is 213 Å². The Morgan fingerprint density at radius 1 is 0.930 bits per heavy atom. The van der Waals surface area contributed by atoms with Crippen LogP contribution in [0.5, 0.6) is 0 Å². The molecule has 57 heavy (non-hydrogen) atoms. The number of ketones is 1. The topological polar surface area (TPSA) is 132 Å². The largest absolute Gasteiger partial charge is 0.411 e. The monoisotopic (exact) mass is 819 g/mol. The fourth-order valence-electron chi connectivity index (χ4n) is 8.19. The second-order valence-electron chi connectivity index (χ2n) is 19.5. The molecule has 0 bridgehead atoms. The first-order chi connectivity index (χ1) is 26.6. The molecule has 0 aromatic heterocycles. The third-order valence-electron chi connectivity index (χ3n) is 13.4. The highest BCUT2D eigenvalue weighted by atomic mass is 28.4. The molecule has 3 heterocycles. The van der Waals surface area contributed by atoms with E-state index < -0.39 is 32.2 Å². The van der Waals surface area contributed by atoms with Crippen molar-refractivity contribution < 1.29 is 38.1 Å². The van der Waals surface area contributed by atoms with Gasteiger partial charge in [-0.1, -0.05) is 60.6 Å². The maximum atomic E-state index is 13.7. The first-order valence-electron chi connectivity index (χ1n) is 22.4. The number of nitrogens with one attached hydrogen (secondary N) is 2. The molecule has 1 spiro atoms. The molecule has 11 atom stereocenters. The number of carbonyl (C=O) groups excluding carboxylic acids is 3. The van der Waals surface area contributed by atoms with Crippen LogP contribution in [0.1, 0.15) is 153 Å². The highest BCUT2D eigenvalue weighted by Gasteiger charge is 2.45. The first-order valence-corrected chi connectivity index (χ1v) is 25.3. The minimum Gasteiger partial charge on any atom is -0.411 e. The Morgan fingerprint density at radius 3 is 2.30 bits per heavy atom. The molecule has 2 amide bonds. The highest BCUT2D eigenvalue weighted by Crippen LogP contribution is 2.43. The van der Waals surface area contributed by atoms with Gasteiger partial charge >= 0.3 is 0 Å². The van der Waals surface area contributed by atoms with Crippen molar-refractivity contribution in [3.8, 4) is 0 Å². The second-order valence-corrected chi connectivity index (χ2v) is 24.3. The van der Waals surface area contributed by atoms with Crippen molar-refractivity contribution in [3.63, 3.8) is 0 Å². The van der Waals surface area contributed by atoms with E-state index in [1.165, 1.54) is 0 Å². The lowest BCUT2D eigenvalue weighted by molar-refractivity contribution is -0.324. The van der Waals surface area contributed by atoms with Crippen LogP contribution in [0.25, 0.3) is 0 Å². The fraction of sp³-hybridized carbons (Fsp3) is 0.848. The zero-order chi connectivity index (χ0) is 42.6. The van der Waals surface area contributed by atoms with E-state index in [1.807, 2.05) is 27.7 Å². The zero-order valence-corrected chi connectivity index (χ0v) is 38.9. The summed E-state index contributed by atoms with van der Waals surface area (Å²) in [5, 5.41) is 16.1. The van der Waals surface area contributed by atoms with Gasteiger partial charge < -0.3 is 34.4 Å². The van der Waals surface area contributed by atoms with Crippen molar-refractivity contribution in [2.24, 2.45) is 23.7 Å². The number of aliphatic hydroxyl groups excluding tert-OH is 1. The quantitative estimate of drug-likeness (QED) is 0.0481. The van der Waals surface area contributed by atoms with E-state index in [1.54, 1.807) is 12.2 Å². The van der Waals surface area contributed by atoms with Gasteiger partial charge in [-0.25, -0.2) is 0 Å². The van der Waals surface area contributed by atoms with Gasteiger partial charge in [-0.05, 0) is 126 Å². The van der Waals surface area contributed by atoms with Crippen molar-refractivity contribution in [1.82, 2.24) is 10.6 Å². The van der Waals surface area contributed by atoms with E-state index in [4.69, 9.17) is 18.6 Å². The lowest BCUT2D eigenvalue weighted by Crippen LogP contribution is -2.52. The summed E-state index contributed by atoms with van der Waals surface area (Å²) >= 11 is 0. The smallest absolute Gasteiger partial charge is 0.225 e. The maximum absolute atomic E-state index is 13.7. The van der Waals surface area contributed by atoms with Crippen LogP contribution in [0, 0.1) is 23.7 Å². The Morgan fingerprint density at radius 2 is 1.63 bits per heavy atom. The molecule has 328 valence electrons. The summed E-state index contributed by atoms with van der Waals surface area (Å²) in [5.41, 5.74) is 1.02. The average Bonchev–Trinajstić information content (AvgIpc) is 3.13. The number of hydrogen-bond donors (Lipinski definition) is 3. The van der Waals surface area contributed by atoms with Gasteiger partial charge in [0.2, 0.25) is 11.8 Å². The summed E-state index contributed by atoms with van der Waals surface area (Å²) in [6, 6.07) is 0. The van der Waals surface area contributed by atoms with Crippen LogP contribution >= 0.6 is 0 Å². The Hall–Kier alpha value is -1.89. The van der Waals surface area contributed by atoms with Gasteiger partial charge in [-0.3, -0.25) is 14.4 Å². The molecular formula is C46H82N2O8Si. The number of carbonyl (C=O) groups is 3. The molecular weight excluding hydrogens is 737 g/mol. The molecule has 0 unspecified atom stereocenters. The summed E-state index contributed by atoms with van der Waals surface area (Å²) in [5.74, 6) is -0.138. The molecule has 3 aliphatic heterocycles. The molecule has 11 heteroatoms. The molecule has 3 rings (SSSR count). The van der Waals surface area contributed by atoms with Crippen molar-refractivity contribution in [2.75, 3.05) is 13.1 Å². The van der Waals surface area contributed by atoms with E-state index >= 15 is 0 Å². The Kier molecular flexibility index (Phi) is 19.6. The van der Waals surface area contributed by atoms with Gasteiger partial charge in [0, 0.05) is 32.4 Å². The van der Waals surface area contributed by atoms with Crippen LogP contribution < -0.4 is 10.6 Å². The predicted octanol–water partition coefficient (Wildman–Crippen LogP) is 8.96. The number of amides is 2. The molecule has 10 nitrogen and oxygen atoms in total. The lowest BCUT2D eigenvalue weighted by atomic mass is 9.85. The standard InChI is InChI=1S/C46H82N2O8Si/c1-13-16-37(50)28-39-22-20-32(3)41(53-39)29-43(51)48-30-42(56-57(11,12)45(8,9)10)35(6)44(52)47-26-15-18-40-33(4)23-25-46(55-40)24-14-17-38(54-46)21-19-31(2)27-34(5)36(7)49/h13,16,27,31-33,35-36,38-42,49H,14-15,17-26,28-30H2,1-12H3,(H,47,52)(H,48,51)/b16-13+,34-27+/t31-,32-,33-,35-,36+,38-,39+,40+,41-,42-,46-/m0/s1. The van der Waals surface area contributed by atoms with Gasteiger partial charge in [-0.2, -0.15) is 0 Å². The molecule has 0 radical (unpaired) electrons. The van der Waals surface area contributed by atoms with Crippen molar-refractivity contribution in [3.05, 3.63) is 23.8 Å². The van der Waals surface area contributed by atoms with Gasteiger partial charge in [0.25, 0.3) is 0 Å². The van der Waals surface area contributed by atoms with Gasteiger partial charge in [0.1, 0.15) is 0 Å². The zero-order valence-electron chi connectivity index (χ0n) is 37.9. The summed E-state index contributed by atoms with van der Waals surface area (Å²) in [4.78, 5) is 39.2. The van der Waals surface area contributed by atoms with E-state index in [0.29, 0.717) is 24.8 Å². The fourth-order valence-corrected chi connectivity index (χ4v) is 9.59. The van der Waals surface area contributed by atoms with E-state index in [2.05, 4.69) is 71.3 Å². The van der Waals surface area contributed by atoms with Gasteiger partial charge in [-0.15, -0.1) is 0 Å². The van der Waals surface area contributed by atoms with Crippen LogP contribution in [0.3, 0.4) is 0 Å². The van der Waals surface area contributed by atoms with E-state index in [9.17, 15) is 19.5 Å². The third-order valence-corrected chi connectivity index (χ3v) is 17.9.